The number of rotatable bonds is 9. The van der Waals surface area contributed by atoms with Crippen molar-refractivity contribution in [3.63, 3.8) is 0 Å². The standard InChI is InChI=1S/C28H31N5O3/c1-4-35-25-10-6-20(7-11-25)27(21-8-12-26(31-16-21)36-19(2)3)33-14-13-24(18-33)32-28(34)22-5-9-23(15-29)30-17-22/h5-12,16-17,19,24,27H,4,13-14,18H2,1-3H3,(H,32,34)/t24?,27-/m1/s1. The van der Waals surface area contributed by atoms with Crippen molar-refractivity contribution in [2.24, 2.45) is 0 Å². The monoisotopic (exact) mass is 485 g/mol. The van der Waals surface area contributed by atoms with Gasteiger partial charge < -0.3 is 14.8 Å². The minimum absolute atomic E-state index is 0.00477. The third-order valence-corrected chi connectivity index (χ3v) is 6.00. The highest BCUT2D eigenvalue weighted by molar-refractivity contribution is 5.94. The summed E-state index contributed by atoms with van der Waals surface area (Å²) in [5.41, 5.74) is 2.91. The molecule has 36 heavy (non-hydrogen) atoms. The average Bonchev–Trinajstić information content (AvgIpc) is 3.34. The molecule has 0 bridgehead atoms. The summed E-state index contributed by atoms with van der Waals surface area (Å²) in [6.45, 7) is 8.05. The predicted molar refractivity (Wildman–Crippen MR) is 136 cm³/mol. The maximum absolute atomic E-state index is 12.8. The molecule has 0 radical (unpaired) electrons. The molecular formula is C28H31N5O3. The van der Waals surface area contributed by atoms with Crippen LogP contribution in [0.2, 0.25) is 0 Å². The lowest BCUT2D eigenvalue weighted by Crippen LogP contribution is -2.38. The first-order valence-corrected chi connectivity index (χ1v) is 12.2. The van der Waals surface area contributed by atoms with Crippen molar-refractivity contribution in [1.29, 1.82) is 5.26 Å². The van der Waals surface area contributed by atoms with Gasteiger partial charge in [0.15, 0.2) is 0 Å². The van der Waals surface area contributed by atoms with Gasteiger partial charge in [0.25, 0.3) is 5.91 Å². The molecule has 3 heterocycles. The van der Waals surface area contributed by atoms with Crippen molar-refractivity contribution in [3.8, 4) is 17.7 Å². The molecule has 8 nitrogen and oxygen atoms in total. The smallest absolute Gasteiger partial charge is 0.253 e. The molecule has 8 heteroatoms. The van der Waals surface area contributed by atoms with Gasteiger partial charge in [-0.2, -0.15) is 5.26 Å². The SMILES string of the molecule is CCOc1ccc([C@H](c2ccc(OC(C)C)nc2)N2CCC(NC(=O)c3ccc(C#N)nc3)C2)cc1. The molecule has 1 aliphatic heterocycles. The van der Waals surface area contributed by atoms with Crippen molar-refractivity contribution in [2.75, 3.05) is 19.7 Å². The lowest BCUT2D eigenvalue weighted by atomic mass is 9.98. The summed E-state index contributed by atoms with van der Waals surface area (Å²) < 4.78 is 11.4. The van der Waals surface area contributed by atoms with Crippen LogP contribution in [-0.4, -0.2) is 52.6 Å². The van der Waals surface area contributed by atoms with Crippen molar-refractivity contribution >= 4 is 5.91 Å². The minimum atomic E-state index is -0.187. The normalized spacial score (nSPS) is 16.4. The molecule has 2 aromatic heterocycles. The summed E-state index contributed by atoms with van der Waals surface area (Å²) >= 11 is 0. The van der Waals surface area contributed by atoms with Crippen LogP contribution in [-0.2, 0) is 0 Å². The quantitative estimate of drug-likeness (QED) is 0.486. The first-order valence-electron chi connectivity index (χ1n) is 12.2. The number of benzene rings is 1. The Morgan fingerprint density at radius 1 is 1.11 bits per heavy atom. The van der Waals surface area contributed by atoms with Crippen LogP contribution in [0.4, 0.5) is 0 Å². The number of nitriles is 1. The highest BCUT2D eigenvalue weighted by Gasteiger charge is 2.31. The number of hydrogen-bond acceptors (Lipinski definition) is 7. The third kappa shape index (κ3) is 6.18. The largest absolute Gasteiger partial charge is 0.494 e. The van der Waals surface area contributed by atoms with Crippen molar-refractivity contribution in [1.82, 2.24) is 20.2 Å². The van der Waals surface area contributed by atoms with Crippen LogP contribution in [0.15, 0.2) is 60.9 Å². The molecule has 1 aromatic carbocycles. The second-order valence-corrected chi connectivity index (χ2v) is 9.00. The molecule has 1 N–H and O–H groups in total. The Hall–Kier alpha value is -3.96. The summed E-state index contributed by atoms with van der Waals surface area (Å²) in [4.78, 5) is 23.6. The maximum atomic E-state index is 12.8. The van der Waals surface area contributed by atoms with E-state index in [0.717, 1.165) is 29.8 Å². The molecule has 1 amide bonds. The molecule has 0 aliphatic carbocycles. The van der Waals surface area contributed by atoms with Gasteiger partial charge in [-0.15, -0.1) is 0 Å². The molecular weight excluding hydrogens is 454 g/mol. The molecule has 2 atom stereocenters. The van der Waals surface area contributed by atoms with E-state index < -0.39 is 0 Å². The molecule has 1 saturated heterocycles. The van der Waals surface area contributed by atoms with Gasteiger partial charge in [-0.25, -0.2) is 9.97 Å². The fourth-order valence-corrected chi connectivity index (χ4v) is 4.39. The van der Waals surface area contributed by atoms with Crippen molar-refractivity contribution < 1.29 is 14.3 Å². The number of nitrogens with one attached hydrogen (secondary N) is 1. The molecule has 3 aromatic rings. The fraction of sp³-hybridized carbons (Fsp3) is 0.357. The van der Waals surface area contributed by atoms with Crippen LogP contribution in [0.3, 0.4) is 0 Å². The van der Waals surface area contributed by atoms with E-state index in [0.29, 0.717) is 24.6 Å². The predicted octanol–water partition coefficient (Wildman–Crippen LogP) is 4.13. The van der Waals surface area contributed by atoms with Gasteiger partial charge in [-0.05, 0) is 62.6 Å². The molecule has 4 rings (SSSR count). The second-order valence-electron chi connectivity index (χ2n) is 9.00. The number of pyridine rings is 2. The van der Waals surface area contributed by atoms with Crippen LogP contribution >= 0.6 is 0 Å². The molecule has 186 valence electrons. The van der Waals surface area contributed by atoms with Crippen LogP contribution in [0.25, 0.3) is 0 Å². The van der Waals surface area contributed by atoms with E-state index in [1.807, 2.05) is 51.2 Å². The Balaban J connectivity index is 1.52. The zero-order valence-electron chi connectivity index (χ0n) is 20.8. The summed E-state index contributed by atoms with van der Waals surface area (Å²) in [6, 6.07) is 17.2. The van der Waals surface area contributed by atoms with E-state index in [1.165, 1.54) is 6.20 Å². The zero-order valence-corrected chi connectivity index (χ0v) is 20.8. The van der Waals surface area contributed by atoms with Crippen molar-refractivity contribution in [2.45, 2.75) is 45.4 Å². The molecule has 1 unspecified atom stereocenters. The van der Waals surface area contributed by atoms with Gasteiger partial charge >= 0.3 is 0 Å². The Labute approximate surface area is 211 Å². The average molecular weight is 486 g/mol. The summed E-state index contributed by atoms with van der Waals surface area (Å²) in [5.74, 6) is 1.25. The molecule has 1 fully saturated rings. The van der Waals surface area contributed by atoms with Gasteiger partial charge in [-0.1, -0.05) is 18.2 Å². The fourth-order valence-electron chi connectivity index (χ4n) is 4.39. The summed E-state index contributed by atoms with van der Waals surface area (Å²) in [6.07, 6.45) is 4.19. The minimum Gasteiger partial charge on any atom is -0.494 e. The Morgan fingerprint density at radius 2 is 1.89 bits per heavy atom. The number of amides is 1. The van der Waals surface area contributed by atoms with Crippen molar-refractivity contribution in [3.05, 3.63) is 83.3 Å². The molecule has 1 aliphatic rings. The number of ether oxygens (including phenoxy) is 2. The lowest BCUT2D eigenvalue weighted by molar-refractivity contribution is 0.0936. The highest BCUT2D eigenvalue weighted by atomic mass is 16.5. The van der Waals surface area contributed by atoms with E-state index in [4.69, 9.17) is 14.7 Å². The Morgan fingerprint density at radius 3 is 2.50 bits per heavy atom. The molecule has 0 saturated carbocycles. The summed E-state index contributed by atoms with van der Waals surface area (Å²) in [5, 5.41) is 12.0. The summed E-state index contributed by atoms with van der Waals surface area (Å²) in [7, 11) is 0. The van der Waals surface area contributed by atoms with Crippen LogP contribution in [0.5, 0.6) is 11.6 Å². The van der Waals surface area contributed by atoms with Gasteiger partial charge in [0.1, 0.15) is 17.5 Å². The highest BCUT2D eigenvalue weighted by Crippen LogP contribution is 2.33. The number of aromatic nitrogens is 2. The zero-order chi connectivity index (χ0) is 25.5. The van der Waals surface area contributed by atoms with E-state index in [-0.39, 0.29) is 29.8 Å². The number of carbonyl (C=O) groups is 1. The van der Waals surface area contributed by atoms with E-state index in [9.17, 15) is 4.79 Å². The third-order valence-electron chi connectivity index (χ3n) is 6.00. The first-order chi connectivity index (χ1) is 17.5. The van der Waals surface area contributed by atoms with E-state index >= 15 is 0 Å². The second kappa shape index (κ2) is 11.6. The number of likely N-dealkylation sites (tertiary alicyclic amines) is 1. The van der Waals surface area contributed by atoms with Crippen LogP contribution < -0.4 is 14.8 Å². The van der Waals surface area contributed by atoms with Crippen LogP contribution in [0.1, 0.15) is 60.4 Å². The number of hydrogen-bond donors (Lipinski definition) is 1. The first kappa shape index (κ1) is 25.1. The van der Waals surface area contributed by atoms with Gasteiger partial charge in [0.05, 0.1) is 24.3 Å². The Kier molecular flexibility index (Phi) is 8.13. The van der Waals surface area contributed by atoms with E-state index in [2.05, 4.69) is 38.4 Å². The topological polar surface area (TPSA) is 100 Å². The van der Waals surface area contributed by atoms with E-state index in [1.54, 1.807) is 12.1 Å². The number of carbonyl (C=O) groups excluding carboxylic acids is 1. The van der Waals surface area contributed by atoms with Gasteiger partial charge in [0, 0.05) is 37.6 Å². The van der Waals surface area contributed by atoms with Gasteiger partial charge in [-0.3, -0.25) is 9.69 Å². The maximum Gasteiger partial charge on any atom is 0.253 e. The van der Waals surface area contributed by atoms with Gasteiger partial charge in [0.2, 0.25) is 5.88 Å². The molecule has 0 spiro atoms. The lowest BCUT2D eigenvalue weighted by Gasteiger charge is -2.29. The Bertz CT molecular complexity index is 1190. The number of nitrogens with zero attached hydrogens (tertiary/aromatic N) is 4. The van der Waals surface area contributed by atoms with Crippen LogP contribution in [0, 0.1) is 11.3 Å².